The van der Waals surface area contributed by atoms with Gasteiger partial charge in [0.15, 0.2) is 0 Å². The Morgan fingerprint density at radius 3 is 3.00 bits per heavy atom. The molecule has 1 aliphatic rings. The first-order valence-electron chi connectivity index (χ1n) is 4.92. The highest BCUT2D eigenvalue weighted by Gasteiger charge is 2.29. The Balaban J connectivity index is 2.34. The topological polar surface area (TPSA) is 12.0 Å². The van der Waals surface area contributed by atoms with Crippen LogP contribution in [0.15, 0.2) is 27.6 Å². The summed E-state index contributed by atoms with van der Waals surface area (Å²) < 4.78 is 1.17. The molecule has 0 radical (unpaired) electrons. The average Bonchev–Trinajstić information content (AvgIpc) is 2.45. The Bertz CT molecular complexity index is 340. The van der Waals surface area contributed by atoms with Crippen LogP contribution in [0.4, 0.5) is 0 Å². The molecule has 0 fully saturated rings. The second-order valence-corrected chi connectivity index (χ2v) is 5.88. The fourth-order valence-corrected chi connectivity index (χ4v) is 3.51. The normalized spacial score (nSPS) is 25.1. The van der Waals surface area contributed by atoms with E-state index in [1.807, 2.05) is 11.8 Å². The van der Waals surface area contributed by atoms with Crippen LogP contribution >= 0.6 is 27.7 Å². The molecule has 2 unspecified atom stereocenters. The lowest BCUT2D eigenvalue weighted by Gasteiger charge is -2.16. The summed E-state index contributed by atoms with van der Waals surface area (Å²) in [5, 5.41) is 4.17. The van der Waals surface area contributed by atoms with E-state index in [1.54, 1.807) is 0 Å². The van der Waals surface area contributed by atoms with E-state index in [0.717, 1.165) is 6.54 Å². The van der Waals surface area contributed by atoms with Crippen LogP contribution in [0.25, 0.3) is 0 Å². The summed E-state index contributed by atoms with van der Waals surface area (Å²) in [6.07, 6.45) is 0. The predicted octanol–water partition coefficient (Wildman–Crippen LogP) is 3.59. The van der Waals surface area contributed by atoms with E-state index in [9.17, 15) is 0 Å². The molecule has 0 spiro atoms. The SMILES string of the molecule is CCNC1c2cc(Br)ccc2SC1C. The molecule has 2 atom stereocenters. The molecule has 1 nitrogen and oxygen atoms in total. The Kier molecular flexibility index (Phi) is 3.20. The molecule has 1 aromatic carbocycles. The summed E-state index contributed by atoms with van der Waals surface area (Å²) in [4.78, 5) is 1.42. The molecule has 14 heavy (non-hydrogen) atoms. The van der Waals surface area contributed by atoms with Crippen LogP contribution < -0.4 is 5.32 Å². The maximum absolute atomic E-state index is 3.54. The number of benzene rings is 1. The largest absolute Gasteiger partial charge is 0.309 e. The maximum Gasteiger partial charge on any atom is 0.0452 e. The minimum atomic E-state index is 0.512. The van der Waals surface area contributed by atoms with Crippen molar-refractivity contribution in [3.05, 3.63) is 28.2 Å². The molecular formula is C11H14BrNS. The van der Waals surface area contributed by atoms with Gasteiger partial charge in [0.1, 0.15) is 0 Å². The predicted molar refractivity (Wildman–Crippen MR) is 65.9 cm³/mol. The van der Waals surface area contributed by atoms with Crippen LogP contribution in [0.3, 0.4) is 0 Å². The highest BCUT2D eigenvalue weighted by atomic mass is 79.9. The van der Waals surface area contributed by atoms with Crippen LogP contribution in [-0.4, -0.2) is 11.8 Å². The summed E-state index contributed by atoms with van der Waals surface area (Å²) in [6.45, 7) is 5.47. The van der Waals surface area contributed by atoms with E-state index in [-0.39, 0.29) is 0 Å². The quantitative estimate of drug-likeness (QED) is 0.883. The Hall–Kier alpha value is 0.01000. The van der Waals surface area contributed by atoms with E-state index in [2.05, 4.69) is 53.3 Å². The first kappa shape index (κ1) is 10.5. The smallest absolute Gasteiger partial charge is 0.0452 e. The molecule has 1 aromatic rings. The summed E-state index contributed by atoms with van der Waals surface area (Å²) in [5.74, 6) is 0. The lowest BCUT2D eigenvalue weighted by atomic mass is 10.1. The molecule has 1 heterocycles. The molecule has 1 N–H and O–H groups in total. The van der Waals surface area contributed by atoms with Crippen molar-refractivity contribution in [2.75, 3.05) is 6.54 Å². The molecule has 76 valence electrons. The third kappa shape index (κ3) is 1.86. The van der Waals surface area contributed by atoms with E-state index in [0.29, 0.717) is 11.3 Å². The summed E-state index contributed by atoms with van der Waals surface area (Å²) in [7, 11) is 0. The second kappa shape index (κ2) is 4.25. The molecule has 2 rings (SSSR count). The first-order chi connectivity index (χ1) is 6.72. The van der Waals surface area contributed by atoms with Crippen LogP contribution in [-0.2, 0) is 0 Å². The number of halogens is 1. The van der Waals surface area contributed by atoms with Crippen LogP contribution in [0.1, 0.15) is 25.5 Å². The monoisotopic (exact) mass is 271 g/mol. The maximum atomic E-state index is 3.54. The number of thioether (sulfide) groups is 1. The number of nitrogens with one attached hydrogen (secondary N) is 1. The Morgan fingerprint density at radius 1 is 1.50 bits per heavy atom. The lowest BCUT2D eigenvalue weighted by Crippen LogP contribution is -2.25. The zero-order chi connectivity index (χ0) is 10.1. The zero-order valence-electron chi connectivity index (χ0n) is 8.38. The molecular weight excluding hydrogens is 258 g/mol. The molecule has 0 bridgehead atoms. The third-order valence-electron chi connectivity index (χ3n) is 2.51. The summed E-state index contributed by atoms with van der Waals surface area (Å²) >= 11 is 5.49. The average molecular weight is 272 g/mol. The van der Waals surface area contributed by atoms with Crippen molar-refractivity contribution in [1.29, 1.82) is 0 Å². The number of hydrogen-bond acceptors (Lipinski definition) is 2. The standard InChI is InChI=1S/C11H14BrNS/c1-3-13-11-7(2)14-10-5-4-8(12)6-9(10)11/h4-7,11,13H,3H2,1-2H3. The molecule has 0 saturated carbocycles. The highest BCUT2D eigenvalue weighted by Crippen LogP contribution is 2.44. The van der Waals surface area contributed by atoms with Gasteiger partial charge in [-0.05, 0) is 30.3 Å². The third-order valence-corrected chi connectivity index (χ3v) is 4.28. The molecule has 0 amide bonds. The van der Waals surface area contributed by atoms with Crippen molar-refractivity contribution in [1.82, 2.24) is 5.32 Å². The fraction of sp³-hybridized carbons (Fsp3) is 0.455. The highest BCUT2D eigenvalue weighted by molar-refractivity contribution is 9.10. The fourth-order valence-electron chi connectivity index (χ4n) is 1.89. The van der Waals surface area contributed by atoms with Crippen molar-refractivity contribution >= 4 is 27.7 Å². The van der Waals surface area contributed by atoms with Crippen molar-refractivity contribution in [2.45, 2.75) is 30.0 Å². The van der Waals surface area contributed by atoms with Crippen molar-refractivity contribution in [3.8, 4) is 0 Å². The van der Waals surface area contributed by atoms with Gasteiger partial charge in [-0.2, -0.15) is 0 Å². The Labute approximate surface area is 97.8 Å². The molecule has 3 heteroatoms. The van der Waals surface area contributed by atoms with Gasteiger partial charge in [0.05, 0.1) is 0 Å². The second-order valence-electron chi connectivity index (χ2n) is 3.54. The number of hydrogen-bond donors (Lipinski definition) is 1. The summed E-state index contributed by atoms with van der Waals surface area (Å²) in [6, 6.07) is 7.07. The van der Waals surface area contributed by atoms with Gasteiger partial charge in [-0.1, -0.05) is 29.8 Å². The van der Waals surface area contributed by atoms with Gasteiger partial charge < -0.3 is 5.32 Å². The van der Waals surface area contributed by atoms with E-state index in [4.69, 9.17) is 0 Å². The van der Waals surface area contributed by atoms with Gasteiger partial charge in [-0.3, -0.25) is 0 Å². The van der Waals surface area contributed by atoms with E-state index >= 15 is 0 Å². The van der Waals surface area contributed by atoms with Gasteiger partial charge in [-0.25, -0.2) is 0 Å². The van der Waals surface area contributed by atoms with E-state index < -0.39 is 0 Å². The minimum Gasteiger partial charge on any atom is -0.309 e. The lowest BCUT2D eigenvalue weighted by molar-refractivity contribution is 0.553. The number of fused-ring (bicyclic) bond motifs is 1. The summed E-state index contributed by atoms with van der Waals surface area (Å²) in [5.41, 5.74) is 1.44. The van der Waals surface area contributed by atoms with E-state index in [1.165, 1.54) is 14.9 Å². The van der Waals surface area contributed by atoms with Crippen LogP contribution in [0, 0.1) is 0 Å². The van der Waals surface area contributed by atoms with Crippen molar-refractivity contribution in [2.24, 2.45) is 0 Å². The van der Waals surface area contributed by atoms with Gasteiger partial charge >= 0.3 is 0 Å². The van der Waals surface area contributed by atoms with Crippen LogP contribution in [0.5, 0.6) is 0 Å². The van der Waals surface area contributed by atoms with Crippen LogP contribution in [0.2, 0.25) is 0 Å². The first-order valence-corrected chi connectivity index (χ1v) is 6.59. The van der Waals surface area contributed by atoms with Gasteiger partial charge in [-0.15, -0.1) is 11.8 Å². The molecule has 1 aliphatic heterocycles. The molecule has 0 saturated heterocycles. The minimum absolute atomic E-state index is 0.512. The van der Waals surface area contributed by atoms with Gasteiger partial charge in [0, 0.05) is 20.7 Å². The zero-order valence-corrected chi connectivity index (χ0v) is 10.8. The number of rotatable bonds is 2. The van der Waals surface area contributed by atoms with Crippen molar-refractivity contribution < 1.29 is 0 Å². The van der Waals surface area contributed by atoms with Gasteiger partial charge in [0.25, 0.3) is 0 Å². The van der Waals surface area contributed by atoms with Gasteiger partial charge in [0.2, 0.25) is 0 Å². The van der Waals surface area contributed by atoms with Crippen molar-refractivity contribution in [3.63, 3.8) is 0 Å². The Morgan fingerprint density at radius 2 is 2.29 bits per heavy atom. The molecule has 0 aliphatic carbocycles. The molecule has 0 aromatic heterocycles.